The molecule has 170 valence electrons. The number of nitrogens with zero attached hydrogens (tertiary/aromatic N) is 3. The van der Waals surface area contributed by atoms with Crippen LogP contribution in [0.2, 0.25) is 5.02 Å². The van der Waals surface area contributed by atoms with Gasteiger partial charge in [0.1, 0.15) is 12.3 Å². The minimum Gasteiger partial charge on any atom is -0.508 e. The van der Waals surface area contributed by atoms with E-state index in [2.05, 4.69) is 5.10 Å². The van der Waals surface area contributed by atoms with E-state index in [9.17, 15) is 36.2 Å². The number of aromatic hydroxyl groups is 1. The Labute approximate surface area is 178 Å². The Kier molecular flexibility index (Phi) is 6.18. The maximum Gasteiger partial charge on any atom is 0.436 e. The van der Waals surface area contributed by atoms with Crippen LogP contribution in [-0.4, -0.2) is 38.8 Å². The molecule has 0 aliphatic carbocycles. The van der Waals surface area contributed by atoms with Crippen molar-refractivity contribution in [3.8, 4) is 5.75 Å². The molecule has 12 heteroatoms. The summed E-state index contributed by atoms with van der Waals surface area (Å²) in [6.07, 6.45) is -8.53. The summed E-state index contributed by atoms with van der Waals surface area (Å²) >= 11 is 5.69. The van der Waals surface area contributed by atoms with Gasteiger partial charge in [0.2, 0.25) is 5.91 Å². The second-order valence-electron chi connectivity index (χ2n) is 7.33. The quantitative estimate of drug-likeness (QED) is 0.644. The van der Waals surface area contributed by atoms with Gasteiger partial charge in [0.05, 0.1) is 16.3 Å². The van der Waals surface area contributed by atoms with E-state index in [0.717, 1.165) is 10.7 Å². The fraction of sp³-hybridized carbons (Fsp3) is 0.474. The second kappa shape index (κ2) is 8.25. The van der Waals surface area contributed by atoms with Crippen LogP contribution in [0.5, 0.6) is 5.75 Å². The van der Waals surface area contributed by atoms with E-state index in [4.69, 9.17) is 11.6 Å². The summed E-state index contributed by atoms with van der Waals surface area (Å²) in [6, 6.07) is 2.80. The molecule has 5 nitrogen and oxygen atoms in total. The van der Waals surface area contributed by atoms with Crippen molar-refractivity contribution in [1.29, 1.82) is 0 Å². The first kappa shape index (κ1) is 23.2. The summed E-state index contributed by atoms with van der Waals surface area (Å²) in [6.45, 7) is 1.39. The topological polar surface area (TPSA) is 58.4 Å². The highest BCUT2D eigenvalue weighted by molar-refractivity contribution is 6.32. The zero-order valence-electron chi connectivity index (χ0n) is 16.2. The number of likely N-dealkylation sites (tertiary alicyclic amines) is 1. The maximum atomic E-state index is 12.9. The van der Waals surface area contributed by atoms with Crippen LogP contribution in [0.25, 0.3) is 0 Å². The third kappa shape index (κ3) is 4.91. The maximum absolute atomic E-state index is 12.9. The lowest BCUT2D eigenvalue weighted by molar-refractivity contribution is -0.142. The summed E-state index contributed by atoms with van der Waals surface area (Å²) in [7, 11) is 0. The Bertz CT molecular complexity index is 978. The molecule has 1 fully saturated rings. The molecule has 0 radical (unpaired) electrons. The molecular weight excluding hydrogens is 452 g/mol. The Hall–Kier alpha value is -2.43. The smallest absolute Gasteiger partial charge is 0.436 e. The monoisotopic (exact) mass is 469 g/mol. The zero-order chi connectivity index (χ0) is 23.1. The highest BCUT2D eigenvalue weighted by Crippen LogP contribution is 2.38. The first-order valence-corrected chi connectivity index (χ1v) is 9.64. The molecule has 2 heterocycles. The number of benzene rings is 1. The molecular formula is C19H18ClF6N3O2. The van der Waals surface area contributed by atoms with Crippen LogP contribution < -0.4 is 0 Å². The number of piperidine rings is 1. The van der Waals surface area contributed by atoms with Gasteiger partial charge in [0.25, 0.3) is 0 Å². The summed E-state index contributed by atoms with van der Waals surface area (Å²) in [5, 5.41) is 12.9. The Morgan fingerprint density at radius 2 is 1.77 bits per heavy atom. The van der Waals surface area contributed by atoms with E-state index < -0.39 is 46.8 Å². The van der Waals surface area contributed by atoms with Crippen molar-refractivity contribution in [3.05, 3.63) is 45.7 Å². The molecule has 1 aromatic heterocycles. The lowest BCUT2D eigenvalue weighted by atomic mass is 9.88. The van der Waals surface area contributed by atoms with Crippen LogP contribution in [0.4, 0.5) is 26.3 Å². The van der Waals surface area contributed by atoms with Crippen molar-refractivity contribution in [2.24, 2.45) is 0 Å². The van der Waals surface area contributed by atoms with Crippen LogP contribution in [0.15, 0.2) is 18.2 Å². The molecule has 1 saturated heterocycles. The minimum absolute atomic E-state index is 0.0203. The van der Waals surface area contributed by atoms with Crippen molar-refractivity contribution < 1.29 is 36.2 Å². The molecule has 0 saturated carbocycles. The van der Waals surface area contributed by atoms with E-state index in [1.54, 1.807) is 0 Å². The van der Waals surface area contributed by atoms with Crippen LogP contribution >= 0.6 is 11.6 Å². The first-order valence-electron chi connectivity index (χ1n) is 9.27. The van der Waals surface area contributed by atoms with Gasteiger partial charge in [-0.2, -0.15) is 31.4 Å². The number of phenols is 1. The van der Waals surface area contributed by atoms with Gasteiger partial charge < -0.3 is 10.0 Å². The molecule has 0 atom stereocenters. The first-order chi connectivity index (χ1) is 14.3. The fourth-order valence-electron chi connectivity index (χ4n) is 3.59. The molecule has 0 bridgehead atoms. The third-order valence-corrected chi connectivity index (χ3v) is 5.78. The van der Waals surface area contributed by atoms with E-state index in [0.29, 0.717) is 24.5 Å². The van der Waals surface area contributed by atoms with Crippen molar-refractivity contribution >= 4 is 17.5 Å². The number of phenolic OH excluding ortho intramolecular Hbond substituents is 1. The summed E-state index contributed by atoms with van der Waals surface area (Å²) < 4.78 is 77.9. The Morgan fingerprint density at radius 3 is 2.26 bits per heavy atom. The molecule has 3 rings (SSSR count). The number of amides is 1. The van der Waals surface area contributed by atoms with Crippen LogP contribution in [0.1, 0.15) is 41.3 Å². The fourth-order valence-corrected chi connectivity index (χ4v) is 3.84. The Morgan fingerprint density at radius 1 is 1.16 bits per heavy atom. The highest BCUT2D eigenvalue weighted by atomic mass is 35.5. The number of hydrogen-bond acceptors (Lipinski definition) is 3. The van der Waals surface area contributed by atoms with Gasteiger partial charge in [-0.25, -0.2) is 0 Å². The van der Waals surface area contributed by atoms with Crippen molar-refractivity contribution in [3.63, 3.8) is 0 Å². The number of rotatable bonds is 3. The van der Waals surface area contributed by atoms with Gasteiger partial charge in [-0.3, -0.25) is 9.48 Å². The normalized spacial score (nSPS) is 16.1. The lowest BCUT2D eigenvalue weighted by Crippen LogP contribution is -2.40. The summed E-state index contributed by atoms with van der Waals surface area (Å²) in [5.41, 5.74) is -1.82. The van der Waals surface area contributed by atoms with Gasteiger partial charge in [0, 0.05) is 13.1 Å². The SMILES string of the molecule is Cc1c(Cl)c(C(F)(F)F)nn1CC(=O)N1CCC(c2ccc(C(F)(F)F)cc2O)CC1. The molecule has 1 aliphatic heterocycles. The number of aromatic nitrogens is 2. The average molecular weight is 470 g/mol. The largest absolute Gasteiger partial charge is 0.508 e. The van der Waals surface area contributed by atoms with Gasteiger partial charge in [0.15, 0.2) is 5.69 Å². The molecule has 2 aromatic rings. The zero-order valence-corrected chi connectivity index (χ0v) is 16.9. The standard InChI is InChI=1S/C19H18ClF6N3O2/c1-10-16(20)17(19(24,25)26)27-29(10)9-15(31)28-6-4-11(5-7-28)13-3-2-12(8-14(13)30)18(21,22)23/h2-3,8,11,30H,4-7,9H2,1H3. The predicted octanol–water partition coefficient (Wildman–Crippen LogP) is 4.99. The molecule has 1 aliphatic rings. The summed E-state index contributed by atoms with van der Waals surface area (Å²) in [5.74, 6) is -1.16. The number of hydrogen-bond donors (Lipinski definition) is 1. The molecule has 1 N–H and O–H groups in total. The van der Waals surface area contributed by atoms with E-state index in [1.165, 1.54) is 17.9 Å². The molecule has 0 unspecified atom stereocenters. The molecule has 1 amide bonds. The lowest BCUT2D eigenvalue weighted by Gasteiger charge is -2.32. The van der Waals surface area contributed by atoms with E-state index in [1.807, 2.05) is 0 Å². The van der Waals surface area contributed by atoms with Gasteiger partial charge in [-0.05, 0) is 43.4 Å². The van der Waals surface area contributed by atoms with Gasteiger partial charge in [-0.1, -0.05) is 17.7 Å². The van der Waals surface area contributed by atoms with Crippen LogP contribution in [0, 0.1) is 6.92 Å². The highest BCUT2D eigenvalue weighted by Gasteiger charge is 2.38. The van der Waals surface area contributed by atoms with Gasteiger partial charge in [-0.15, -0.1) is 0 Å². The Balaban J connectivity index is 1.65. The van der Waals surface area contributed by atoms with E-state index in [-0.39, 0.29) is 24.7 Å². The van der Waals surface area contributed by atoms with Crippen molar-refractivity contribution in [2.75, 3.05) is 13.1 Å². The molecule has 0 spiro atoms. The molecule has 31 heavy (non-hydrogen) atoms. The van der Waals surface area contributed by atoms with Crippen LogP contribution in [0.3, 0.4) is 0 Å². The minimum atomic E-state index is -4.74. The van der Waals surface area contributed by atoms with Crippen molar-refractivity contribution in [1.82, 2.24) is 14.7 Å². The van der Waals surface area contributed by atoms with E-state index >= 15 is 0 Å². The number of carbonyl (C=O) groups excluding carboxylic acids is 1. The molecule has 1 aromatic carbocycles. The number of halogens is 7. The summed E-state index contributed by atoms with van der Waals surface area (Å²) in [4.78, 5) is 14.0. The second-order valence-corrected chi connectivity index (χ2v) is 7.71. The number of carbonyl (C=O) groups is 1. The predicted molar refractivity (Wildman–Crippen MR) is 98.6 cm³/mol. The third-order valence-electron chi connectivity index (χ3n) is 5.33. The van der Waals surface area contributed by atoms with Crippen molar-refractivity contribution in [2.45, 2.75) is 44.6 Å². The number of alkyl halides is 6. The van der Waals surface area contributed by atoms with Gasteiger partial charge >= 0.3 is 12.4 Å². The van der Waals surface area contributed by atoms with Crippen LogP contribution in [-0.2, 0) is 23.7 Å². The average Bonchev–Trinajstić information content (AvgIpc) is 2.96.